The Labute approximate surface area is 122 Å². The number of Topliss-reactive ketones (excluding diaryl/α,β-unsaturated/α-hetero) is 1. The van der Waals surface area contributed by atoms with Crippen LogP contribution in [0.1, 0.15) is 22.3 Å². The van der Waals surface area contributed by atoms with E-state index in [2.05, 4.69) is 12.2 Å². The number of fused-ring (bicyclic) bond motifs is 3. The molecule has 1 saturated heterocycles. The molecule has 0 N–H and O–H groups in total. The van der Waals surface area contributed by atoms with Crippen LogP contribution in [0.15, 0.2) is 36.4 Å². The van der Waals surface area contributed by atoms with Gasteiger partial charge in [-0.15, -0.1) is 0 Å². The first-order valence-electron chi connectivity index (χ1n) is 7.31. The van der Waals surface area contributed by atoms with Gasteiger partial charge in [0.15, 0.2) is 17.0 Å². The SMILES string of the molecule is COC1(OC)c2ccccc2C(=O)[C@@]23O[C@]12[C@H]1C=C[C@H]3C1. The van der Waals surface area contributed by atoms with E-state index in [1.54, 1.807) is 14.2 Å². The Morgan fingerprint density at radius 2 is 1.86 bits per heavy atom. The van der Waals surface area contributed by atoms with Crippen molar-refractivity contribution in [3.63, 3.8) is 0 Å². The van der Waals surface area contributed by atoms with E-state index in [0.717, 1.165) is 12.0 Å². The van der Waals surface area contributed by atoms with Crippen molar-refractivity contribution < 1.29 is 19.0 Å². The van der Waals surface area contributed by atoms with E-state index in [1.165, 1.54) is 0 Å². The largest absolute Gasteiger partial charge is 0.347 e. The lowest BCUT2D eigenvalue weighted by Gasteiger charge is -2.43. The summed E-state index contributed by atoms with van der Waals surface area (Å²) in [5, 5.41) is 0. The summed E-state index contributed by atoms with van der Waals surface area (Å²) in [5.74, 6) is -0.630. The third-order valence-corrected chi connectivity index (χ3v) is 5.89. The van der Waals surface area contributed by atoms with Crippen LogP contribution < -0.4 is 0 Å². The number of hydrogen-bond donors (Lipinski definition) is 0. The lowest BCUT2D eigenvalue weighted by atomic mass is 9.66. The Morgan fingerprint density at radius 1 is 1.14 bits per heavy atom. The highest BCUT2D eigenvalue weighted by molar-refractivity contribution is 6.10. The molecular formula is C17H16O4. The first kappa shape index (κ1) is 12.1. The second kappa shape index (κ2) is 3.29. The van der Waals surface area contributed by atoms with Crippen LogP contribution in [0.4, 0.5) is 0 Å². The number of benzene rings is 1. The molecule has 0 unspecified atom stereocenters. The Morgan fingerprint density at radius 3 is 2.62 bits per heavy atom. The number of rotatable bonds is 2. The van der Waals surface area contributed by atoms with Crippen LogP contribution in [0.3, 0.4) is 0 Å². The predicted molar refractivity (Wildman–Crippen MR) is 73.8 cm³/mol. The summed E-state index contributed by atoms with van der Waals surface area (Å²) in [6.45, 7) is 0. The van der Waals surface area contributed by atoms with Crippen LogP contribution in [0.2, 0.25) is 0 Å². The van der Waals surface area contributed by atoms with Crippen molar-refractivity contribution in [2.45, 2.75) is 23.4 Å². The Hall–Kier alpha value is -1.49. The number of carbonyl (C=O) groups is 1. The molecule has 0 aromatic heterocycles. The highest BCUT2D eigenvalue weighted by atomic mass is 16.8. The van der Waals surface area contributed by atoms with E-state index < -0.39 is 17.0 Å². The van der Waals surface area contributed by atoms with Gasteiger partial charge < -0.3 is 14.2 Å². The van der Waals surface area contributed by atoms with Gasteiger partial charge >= 0.3 is 0 Å². The van der Waals surface area contributed by atoms with E-state index in [9.17, 15) is 4.79 Å². The fourth-order valence-corrected chi connectivity index (χ4v) is 5.15. The molecule has 5 rings (SSSR count). The topological polar surface area (TPSA) is 48.1 Å². The molecule has 4 nitrogen and oxygen atoms in total. The minimum Gasteiger partial charge on any atom is -0.347 e. The summed E-state index contributed by atoms with van der Waals surface area (Å²) in [6.07, 6.45) is 5.22. The molecule has 0 amide bonds. The quantitative estimate of drug-likeness (QED) is 0.474. The molecule has 1 heterocycles. The lowest BCUT2D eigenvalue weighted by molar-refractivity contribution is -0.263. The minimum absolute atomic E-state index is 0.0830. The van der Waals surface area contributed by atoms with Gasteiger partial charge in [0.1, 0.15) is 0 Å². The highest BCUT2D eigenvalue weighted by Crippen LogP contribution is 2.77. The Bertz CT molecular complexity index is 704. The third-order valence-electron chi connectivity index (χ3n) is 5.89. The van der Waals surface area contributed by atoms with Gasteiger partial charge in [0, 0.05) is 37.2 Å². The molecule has 1 saturated carbocycles. The molecule has 0 radical (unpaired) electrons. The minimum atomic E-state index is -1.01. The normalized spacial score (nSPS) is 43.4. The molecular weight excluding hydrogens is 268 g/mol. The predicted octanol–water partition coefficient (Wildman–Crippen LogP) is 2.04. The number of ether oxygens (including phenoxy) is 3. The highest BCUT2D eigenvalue weighted by Gasteiger charge is 2.94. The Kier molecular flexibility index (Phi) is 1.90. The smallest absolute Gasteiger partial charge is 0.229 e. The monoisotopic (exact) mass is 284 g/mol. The molecule has 1 aliphatic heterocycles. The number of epoxide rings is 1. The van der Waals surface area contributed by atoms with Gasteiger partial charge in [0.2, 0.25) is 5.79 Å². The van der Waals surface area contributed by atoms with Gasteiger partial charge in [0.05, 0.1) is 0 Å². The van der Waals surface area contributed by atoms with E-state index in [0.29, 0.717) is 5.56 Å². The fourth-order valence-electron chi connectivity index (χ4n) is 5.15. The van der Waals surface area contributed by atoms with Gasteiger partial charge in [0.25, 0.3) is 0 Å². The van der Waals surface area contributed by atoms with Crippen molar-refractivity contribution in [3.05, 3.63) is 47.5 Å². The molecule has 0 spiro atoms. The van der Waals surface area contributed by atoms with Gasteiger partial charge in [-0.1, -0.05) is 36.4 Å². The van der Waals surface area contributed by atoms with Crippen molar-refractivity contribution in [1.82, 2.24) is 0 Å². The van der Waals surface area contributed by atoms with Crippen molar-refractivity contribution in [2.75, 3.05) is 14.2 Å². The van der Waals surface area contributed by atoms with Crippen molar-refractivity contribution in [1.29, 1.82) is 0 Å². The molecule has 4 aliphatic rings. The molecule has 4 atom stereocenters. The Balaban J connectivity index is 1.87. The van der Waals surface area contributed by atoms with Crippen LogP contribution in [0.5, 0.6) is 0 Å². The first-order valence-corrected chi connectivity index (χ1v) is 7.31. The molecule has 4 heteroatoms. The number of methoxy groups -OCH3 is 2. The van der Waals surface area contributed by atoms with Gasteiger partial charge in [-0.25, -0.2) is 0 Å². The molecule has 2 bridgehead atoms. The van der Waals surface area contributed by atoms with Gasteiger partial charge in [-0.3, -0.25) is 4.79 Å². The maximum absolute atomic E-state index is 13.1. The summed E-state index contributed by atoms with van der Waals surface area (Å²) in [7, 11) is 3.26. The third kappa shape index (κ3) is 0.909. The second-order valence-corrected chi connectivity index (χ2v) is 6.31. The van der Waals surface area contributed by atoms with Crippen molar-refractivity contribution in [2.24, 2.45) is 11.8 Å². The lowest BCUT2D eigenvalue weighted by Crippen LogP contribution is -2.58. The molecule has 2 fully saturated rings. The fraction of sp³-hybridized carbons (Fsp3) is 0.471. The second-order valence-electron chi connectivity index (χ2n) is 6.31. The zero-order chi connectivity index (χ0) is 14.5. The summed E-state index contributed by atoms with van der Waals surface area (Å²) in [5.41, 5.74) is -0.0365. The van der Waals surface area contributed by atoms with Gasteiger partial charge in [-0.2, -0.15) is 0 Å². The van der Waals surface area contributed by atoms with Crippen LogP contribution >= 0.6 is 0 Å². The number of carbonyl (C=O) groups excluding carboxylic acids is 1. The summed E-state index contributed by atoms with van der Waals surface area (Å²) >= 11 is 0. The molecule has 1 aromatic carbocycles. The van der Waals surface area contributed by atoms with Crippen molar-refractivity contribution in [3.8, 4) is 0 Å². The summed E-state index contributed by atoms with van der Waals surface area (Å²) in [4.78, 5) is 13.1. The number of ketones is 1. The number of hydrogen-bond acceptors (Lipinski definition) is 4. The van der Waals surface area contributed by atoms with E-state index in [-0.39, 0.29) is 17.6 Å². The van der Waals surface area contributed by atoms with Crippen molar-refractivity contribution >= 4 is 5.78 Å². The maximum atomic E-state index is 13.1. The molecule has 108 valence electrons. The molecule has 3 aliphatic carbocycles. The summed E-state index contributed by atoms with van der Waals surface area (Å²) < 4.78 is 18.0. The van der Waals surface area contributed by atoms with E-state index >= 15 is 0 Å². The standard InChI is InChI=1S/C17H16O4/c1-19-17(20-2)13-6-4-3-5-12(13)14(18)15-10-7-8-11(9-10)16(15,17)21-15/h3-8,10-11H,9H2,1-2H3/t10-,11-,15+,16-/m0/s1. The van der Waals surface area contributed by atoms with E-state index in [1.807, 2.05) is 24.3 Å². The van der Waals surface area contributed by atoms with Crippen LogP contribution in [0, 0.1) is 11.8 Å². The molecule has 21 heavy (non-hydrogen) atoms. The van der Waals surface area contributed by atoms with Crippen LogP contribution in [0.25, 0.3) is 0 Å². The summed E-state index contributed by atoms with van der Waals surface area (Å²) in [6, 6.07) is 7.55. The molecule has 1 aromatic rings. The first-order chi connectivity index (χ1) is 10.2. The van der Waals surface area contributed by atoms with Crippen LogP contribution in [-0.4, -0.2) is 31.2 Å². The average molecular weight is 284 g/mol. The zero-order valence-corrected chi connectivity index (χ0v) is 12.0. The zero-order valence-electron chi connectivity index (χ0n) is 12.0. The van der Waals surface area contributed by atoms with Crippen LogP contribution in [-0.2, 0) is 20.0 Å². The van der Waals surface area contributed by atoms with Gasteiger partial charge in [-0.05, 0) is 6.42 Å². The maximum Gasteiger partial charge on any atom is 0.229 e. The van der Waals surface area contributed by atoms with E-state index in [4.69, 9.17) is 14.2 Å². The average Bonchev–Trinajstić information content (AvgIpc) is 2.94.